The van der Waals surface area contributed by atoms with E-state index in [1.165, 1.54) is 6.92 Å². The van der Waals surface area contributed by atoms with Crippen molar-refractivity contribution in [3.63, 3.8) is 0 Å². The predicted molar refractivity (Wildman–Crippen MR) is 83.3 cm³/mol. The number of nitrogens with two attached hydrogens (primary N) is 1. The van der Waals surface area contributed by atoms with Crippen LogP contribution in [0, 0.1) is 0 Å². The Morgan fingerprint density at radius 3 is 2.95 bits per heavy atom. The molecule has 0 bridgehead atoms. The van der Waals surface area contributed by atoms with Gasteiger partial charge >= 0.3 is 0 Å². The van der Waals surface area contributed by atoms with Crippen molar-refractivity contribution in [3.8, 4) is 0 Å². The van der Waals surface area contributed by atoms with Crippen LogP contribution in [0.15, 0.2) is 30.3 Å². The summed E-state index contributed by atoms with van der Waals surface area (Å²) in [5.74, 6) is -0.0860. The Morgan fingerprint density at radius 1 is 1.43 bits per heavy atom. The maximum Gasteiger partial charge on any atom is 0.246 e. The minimum Gasteiger partial charge on any atom is -0.399 e. The van der Waals surface area contributed by atoms with Gasteiger partial charge in [0.15, 0.2) is 0 Å². The van der Waals surface area contributed by atoms with Crippen molar-refractivity contribution in [3.05, 3.63) is 35.9 Å². The summed E-state index contributed by atoms with van der Waals surface area (Å²) >= 11 is 0. The van der Waals surface area contributed by atoms with Gasteiger partial charge < -0.3 is 16.0 Å². The fraction of sp³-hybridized carbons (Fsp3) is 0.375. The first-order chi connectivity index (χ1) is 10.0. The number of benzene rings is 1. The van der Waals surface area contributed by atoms with Crippen molar-refractivity contribution >= 4 is 23.6 Å². The zero-order chi connectivity index (χ0) is 15.2. The number of rotatable bonds is 3. The van der Waals surface area contributed by atoms with Crippen LogP contribution in [-0.2, 0) is 9.59 Å². The first kappa shape index (κ1) is 15.1. The van der Waals surface area contributed by atoms with Crippen LogP contribution < -0.4 is 11.1 Å². The Morgan fingerprint density at radius 2 is 2.24 bits per heavy atom. The van der Waals surface area contributed by atoms with Gasteiger partial charge in [0.25, 0.3) is 0 Å². The lowest BCUT2D eigenvalue weighted by Gasteiger charge is -2.32. The van der Waals surface area contributed by atoms with Crippen LogP contribution in [0.5, 0.6) is 0 Å². The van der Waals surface area contributed by atoms with Crippen LogP contribution >= 0.6 is 0 Å². The molecule has 1 atom stereocenters. The van der Waals surface area contributed by atoms with E-state index >= 15 is 0 Å². The molecule has 3 N–H and O–H groups in total. The number of likely N-dealkylation sites (tertiary alicyclic amines) is 1. The first-order valence-corrected chi connectivity index (χ1v) is 7.14. The molecule has 112 valence electrons. The van der Waals surface area contributed by atoms with Gasteiger partial charge in [-0.25, -0.2) is 0 Å². The summed E-state index contributed by atoms with van der Waals surface area (Å²) in [6.07, 6.45) is 5.15. The lowest BCUT2D eigenvalue weighted by atomic mass is 10.1. The third-order valence-electron chi connectivity index (χ3n) is 3.47. The third kappa shape index (κ3) is 4.63. The summed E-state index contributed by atoms with van der Waals surface area (Å²) < 4.78 is 0. The second-order valence-electron chi connectivity index (χ2n) is 5.33. The average molecular weight is 287 g/mol. The molecule has 1 unspecified atom stereocenters. The highest BCUT2D eigenvalue weighted by Gasteiger charge is 2.22. The van der Waals surface area contributed by atoms with E-state index < -0.39 is 0 Å². The highest BCUT2D eigenvalue weighted by molar-refractivity contribution is 5.92. The van der Waals surface area contributed by atoms with E-state index in [0.717, 1.165) is 24.9 Å². The molecule has 1 aromatic rings. The van der Waals surface area contributed by atoms with Crippen molar-refractivity contribution in [2.24, 2.45) is 0 Å². The second-order valence-corrected chi connectivity index (χ2v) is 5.33. The van der Waals surface area contributed by atoms with Gasteiger partial charge in [0.1, 0.15) is 0 Å². The lowest BCUT2D eigenvalue weighted by Crippen LogP contribution is -2.48. The Labute approximate surface area is 124 Å². The SMILES string of the molecule is CC(=O)NC1CCCN(C(=O)/C=C/c2cccc(N)c2)C1. The molecule has 1 aliphatic heterocycles. The molecule has 0 spiro atoms. The second kappa shape index (κ2) is 6.92. The molecule has 0 saturated carbocycles. The Balaban J connectivity index is 1.94. The minimum absolute atomic E-state index is 0.0347. The first-order valence-electron chi connectivity index (χ1n) is 7.14. The number of nitrogens with zero attached hydrogens (tertiary/aromatic N) is 1. The molecular formula is C16H21N3O2. The molecule has 2 rings (SSSR count). The van der Waals surface area contributed by atoms with E-state index in [-0.39, 0.29) is 17.9 Å². The van der Waals surface area contributed by atoms with E-state index in [1.807, 2.05) is 24.3 Å². The Bertz CT molecular complexity index is 554. The predicted octanol–water partition coefficient (Wildman–Crippen LogP) is 1.41. The number of nitrogen functional groups attached to an aromatic ring is 1. The Kier molecular flexibility index (Phi) is 4.98. The number of carbonyl (C=O) groups is 2. The highest BCUT2D eigenvalue weighted by Crippen LogP contribution is 2.12. The fourth-order valence-corrected chi connectivity index (χ4v) is 2.52. The van der Waals surface area contributed by atoms with Gasteiger partial charge in [-0.15, -0.1) is 0 Å². The third-order valence-corrected chi connectivity index (χ3v) is 3.47. The van der Waals surface area contributed by atoms with Gasteiger partial charge in [-0.3, -0.25) is 9.59 Å². The summed E-state index contributed by atoms with van der Waals surface area (Å²) in [5, 5.41) is 2.87. The molecule has 1 saturated heterocycles. The molecule has 0 aliphatic carbocycles. The molecule has 1 aliphatic rings. The summed E-state index contributed by atoms with van der Waals surface area (Å²) in [7, 11) is 0. The van der Waals surface area contributed by atoms with Crippen LogP contribution in [0.1, 0.15) is 25.3 Å². The van der Waals surface area contributed by atoms with Crippen molar-refractivity contribution in [2.45, 2.75) is 25.8 Å². The van der Waals surface area contributed by atoms with Gasteiger partial charge in [0.2, 0.25) is 11.8 Å². The maximum absolute atomic E-state index is 12.2. The van der Waals surface area contributed by atoms with Crippen molar-refractivity contribution in [2.75, 3.05) is 18.8 Å². The summed E-state index contributed by atoms with van der Waals surface area (Å²) in [4.78, 5) is 25.0. The Hall–Kier alpha value is -2.30. The molecule has 5 nitrogen and oxygen atoms in total. The average Bonchev–Trinajstić information content (AvgIpc) is 2.44. The molecule has 5 heteroatoms. The number of hydrogen-bond acceptors (Lipinski definition) is 3. The molecule has 0 radical (unpaired) electrons. The number of anilines is 1. The summed E-state index contributed by atoms with van der Waals surface area (Å²) in [6, 6.07) is 7.44. The van der Waals surface area contributed by atoms with Crippen LogP contribution in [0.3, 0.4) is 0 Å². The zero-order valence-corrected chi connectivity index (χ0v) is 12.2. The van der Waals surface area contributed by atoms with Crippen molar-refractivity contribution in [1.82, 2.24) is 10.2 Å². The number of piperidine rings is 1. The van der Waals surface area contributed by atoms with E-state index in [1.54, 1.807) is 17.1 Å². The van der Waals surface area contributed by atoms with Crippen LogP contribution in [0.25, 0.3) is 6.08 Å². The molecule has 0 aromatic heterocycles. The number of amides is 2. The molecular weight excluding hydrogens is 266 g/mol. The zero-order valence-electron chi connectivity index (χ0n) is 12.2. The van der Waals surface area contributed by atoms with Gasteiger partial charge in [0, 0.05) is 37.8 Å². The largest absolute Gasteiger partial charge is 0.399 e. The summed E-state index contributed by atoms with van der Waals surface area (Å²) in [6.45, 7) is 2.80. The quantitative estimate of drug-likeness (QED) is 0.652. The van der Waals surface area contributed by atoms with Crippen molar-refractivity contribution in [1.29, 1.82) is 0 Å². The number of carbonyl (C=O) groups excluding carboxylic acids is 2. The topological polar surface area (TPSA) is 75.4 Å². The molecule has 1 heterocycles. The van der Waals surface area contributed by atoms with Crippen LogP contribution in [0.4, 0.5) is 5.69 Å². The maximum atomic E-state index is 12.2. The minimum atomic E-state index is -0.0513. The van der Waals surface area contributed by atoms with E-state index in [9.17, 15) is 9.59 Å². The normalized spacial score (nSPS) is 18.7. The number of hydrogen-bond donors (Lipinski definition) is 2. The highest BCUT2D eigenvalue weighted by atomic mass is 16.2. The molecule has 1 fully saturated rings. The van der Waals surface area contributed by atoms with Gasteiger partial charge in [-0.2, -0.15) is 0 Å². The van der Waals surface area contributed by atoms with E-state index in [4.69, 9.17) is 5.73 Å². The van der Waals surface area contributed by atoms with Gasteiger partial charge in [-0.05, 0) is 36.6 Å². The van der Waals surface area contributed by atoms with Gasteiger partial charge in [0.05, 0.1) is 0 Å². The van der Waals surface area contributed by atoms with Crippen LogP contribution in [0.2, 0.25) is 0 Å². The standard InChI is InChI=1S/C16H21N3O2/c1-12(20)18-15-6-3-9-19(11-15)16(21)8-7-13-4-2-5-14(17)10-13/h2,4-5,7-8,10,15H,3,6,9,11,17H2,1H3,(H,18,20)/b8-7+. The molecule has 1 aromatic carbocycles. The van der Waals surface area contributed by atoms with E-state index in [0.29, 0.717) is 12.2 Å². The van der Waals surface area contributed by atoms with Gasteiger partial charge in [-0.1, -0.05) is 12.1 Å². The van der Waals surface area contributed by atoms with Crippen LogP contribution in [-0.4, -0.2) is 35.8 Å². The fourth-order valence-electron chi connectivity index (χ4n) is 2.52. The number of nitrogens with one attached hydrogen (secondary N) is 1. The molecule has 21 heavy (non-hydrogen) atoms. The lowest BCUT2D eigenvalue weighted by molar-refractivity contribution is -0.128. The smallest absolute Gasteiger partial charge is 0.246 e. The van der Waals surface area contributed by atoms with Crippen molar-refractivity contribution < 1.29 is 9.59 Å². The van der Waals surface area contributed by atoms with E-state index in [2.05, 4.69) is 5.32 Å². The summed E-state index contributed by atoms with van der Waals surface area (Å²) in [5.41, 5.74) is 7.28. The monoisotopic (exact) mass is 287 g/mol. The molecule has 2 amide bonds.